The van der Waals surface area contributed by atoms with Gasteiger partial charge in [0.25, 0.3) is 5.91 Å². The van der Waals surface area contributed by atoms with E-state index in [0.717, 1.165) is 48.8 Å². The molecule has 0 bridgehead atoms. The van der Waals surface area contributed by atoms with E-state index in [1.807, 2.05) is 41.3 Å². The van der Waals surface area contributed by atoms with E-state index in [-0.39, 0.29) is 29.7 Å². The second-order valence-electron chi connectivity index (χ2n) is 8.16. The maximum atomic E-state index is 13.9. The fraction of sp³-hybridized carbons (Fsp3) is 0.375. The van der Waals surface area contributed by atoms with Crippen molar-refractivity contribution in [2.24, 2.45) is 0 Å². The summed E-state index contributed by atoms with van der Waals surface area (Å²) in [6, 6.07) is 16.5. The lowest BCUT2D eigenvalue weighted by atomic mass is 9.88. The molecule has 1 amide bonds. The van der Waals surface area contributed by atoms with Crippen molar-refractivity contribution >= 4 is 16.9 Å². The summed E-state index contributed by atoms with van der Waals surface area (Å²) in [5.74, 6) is 0.151. The molecule has 5 rings (SSSR count). The molecule has 29 heavy (non-hydrogen) atoms. The molecule has 2 aliphatic rings. The minimum Gasteiger partial charge on any atom is -0.451 e. The number of halogens is 1. The Hall–Kier alpha value is -2.66. The van der Waals surface area contributed by atoms with Crippen molar-refractivity contribution in [2.75, 3.05) is 13.1 Å². The molecule has 4 nitrogen and oxygen atoms in total. The number of rotatable bonds is 2. The SMILES string of the molecule is O=C(c1cc2ccccc2o1)N1C[C@@H](c2cccc(F)c2)[C@@H]2NCCCCC[C@H]21. The van der Waals surface area contributed by atoms with Crippen LogP contribution in [0.2, 0.25) is 0 Å². The van der Waals surface area contributed by atoms with Crippen LogP contribution in [0, 0.1) is 5.82 Å². The number of nitrogens with zero attached hydrogens (tertiary/aromatic N) is 1. The summed E-state index contributed by atoms with van der Waals surface area (Å²) in [5.41, 5.74) is 1.68. The first-order valence-electron chi connectivity index (χ1n) is 10.5. The van der Waals surface area contributed by atoms with Crippen molar-refractivity contribution in [3.63, 3.8) is 0 Å². The van der Waals surface area contributed by atoms with E-state index >= 15 is 0 Å². The molecule has 1 N–H and O–H groups in total. The summed E-state index contributed by atoms with van der Waals surface area (Å²) >= 11 is 0. The van der Waals surface area contributed by atoms with Gasteiger partial charge in [-0.3, -0.25) is 4.79 Å². The van der Waals surface area contributed by atoms with Crippen LogP contribution in [0.4, 0.5) is 4.39 Å². The summed E-state index contributed by atoms with van der Waals surface area (Å²) in [6.07, 6.45) is 4.35. The van der Waals surface area contributed by atoms with Gasteiger partial charge in [0.15, 0.2) is 5.76 Å². The zero-order valence-corrected chi connectivity index (χ0v) is 16.3. The largest absolute Gasteiger partial charge is 0.451 e. The van der Waals surface area contributed by atoms with Gasteiger partial charge in [-0.2, -0.15) is 0 Å². The number of carbonyl (C=O) groups is 1. The highest BCUT2D eigenvalue weighted by Crippen LogP contribution is 2.37. The number of nitrogens with one attached hydrogen (secondary N) is 1. The van der Waals surface area contributed by atoms with E-state index in [9.17, 15) is 9.18 Å². The molecule has 150 valence electrons. The lowest BCUT2D eigenvalue weighted by molar-refractivity contribution is 0.0683. The van der Waals surface area contributed by atoms with E-state index in [2.05, 4.69) is 5.32 Å². The van der Waals surface area contributed by atoms with Gasteiger partial charge in [0.05, 0.1) is 0 Å². The van der Waals surface area contributed by atoms with Crippen molar-refractivity contribution in [1.82, 2.24) is 10.2 Å². The summed E-state index contributed by atoms with van der Waals surface area (Å²) < 4.78 is 19.8. The van der Waals surface area contributed by atoms with Crippen LogP contribution in [0.25, 0.3) is 11.0 Å². The Balaban J connectivity index is 1.50. The molecule has 3 atom stereocenters. The van der Waals surface area contributed by atoms with E-state index in [1.54, 1.807) is 12.1 Å². The summed E-state index contributed by atoms with van der Waals surface area (Å²) in [4.78, 5) is 15.4. The first-order chi connectivity index (χ1) is 14.2. The quantitative estimate of drug-likeness (QED) is 0.687. The second-order valence-corrected chi connectivity index (χ2v) is 8.16. The zero-order valence-electron chi connectivity index (χ0n) is 16.3. The van der Waals surface area contributed by atoms with Crippen LogP contribution in [0.3, 0.4) is 0 Å². The average molecular weight is 392 g/mol. The Kier molecular flexibility index (Phi) is 4.84. The van der Waals surface area contributed by atoms with Crippen LogP contribution >= 0.6 is 0 Å². The van der Waals surface area contributed by atoms with Gasteiger partial charge in [0, 0.05) is 29.9 Å². The first-order valence-corrected chi connectivity index (χ1v) is 10.5. The van der Waals surface area contributed by atoms with E-state index in [0.29, 0.717) is 12.3 Å². The third-order valence-corrected chi connectivity index (χ3v) is 6.37. The number of para-hydroxylation sites is 1. The van der Waals surface area contributed by atoms with Crippen molar-refractivity contribution in [3.05, 3.63) is 71.7 Å². The average Bonchev–Trinajstić information content (AvgIpc) is 3.28. The number of benzene rings is 2. The second kappa shape index (κ2) is 7.64. The Labute approximate surface area is 169 Å². The van der Waals surface area contributed by atoms with Gasteiger partial charge in [0.2, 0.25) is 0 Å². The minimum absolute atomic E-state index is 0.0714. The molecule has 3 heterocycles. The van der Waals surface area contributed by atoms with Crippen LogP contribution < -0.4 is 5.32 Å². The van der Waals surface area contributed by atoms with Crippen molar-refractivity contribution in [1.29, 1.82) is 0 Å². The number of hydrogen-bond donors (Lipinski definition) is 1. The van der Waals surface area contributed by atoms with Gasteiger partial charge in [-0.05, 0) is 49.2 Å². The minimum atomic E-state index is -0.230. The topological polar surface area (TPSA) is 45.5 Å². The van der Waals surface area contributed by atoms with Gasteiger partial charge < -0.3 is 14.6 Å². The third kappa shape index (κ3) is 3.44. The molecule has 2 saturated heterocycles. The van der Waals surface area contributed by atoms with Crippen molar-refractivity contribution < 1.29 is 13.6 Å². The molecular formula is C24H25FN2O2. The predicted molar refractivity (Wildman–Crippen MR) is 110 cm³/mol. The van der Waals surface area contributed by atoms with Gasteiger partial charge in [-0.1, -0.05) is 43.2 Å². The van der Waals surface area contributed by atoms with Crippen LogP contribution in [-0.2, 0) is 0 Å². The van der Waals surface area contributed by atoms with Crippen LogP contribution in [0.1, 0.15) is 47.7 Å². The van der Waals surface area contributed by atoms with E-state index in [4.69, 9.17) is 4.42 Å². The highest BCUT2D eigenvalue weighted by atomic mass is 19.1. The molecule has 2 aliphatic heterocycles. The zero-order chi connectivity index (χ0) is 19.8. The molecular weight excluding hydrogens is 367 g/mol. The Morgan fingerprint density at radius 3 is 2.83 bits per heavy atom. The van der Waals surface area contributed by atoms with Gasteiger partial charge >= 0.3 is 0 Å². The summed E-state index contributed by atoms with van der Waals surface area (Å²) in [7, 11) is 0. The standard InChI is InChI=1S/C24H25FN2O2/c25-18-9-6-8-16(13-18)19-15-27(20-10-2-1-5-12-26-23(19)20)24(28)22-14-17-7-3-4-11-21(17)29-22/h3-4,6-9,11,13-14,19-20,23,26H,1-2,5,10,12,15H2/t19-,20+,23-/m0/s1. The number of likely N-dealkylation sites (tertiary alicyclic amines) is 1. The maximum Gasteiger partial charge on any atom is 0.289 e. The smallest absolute Gasteiger partial charge is 0.289 e. The lowest BCUT2D eigenvalue weighted by Gasteiger charge is -2.31. The van der Waals surface area contributed by atoms with Crippen LogP contribution in [0.5, 0.6) is 0 Å². The van der Waals surface area contributed by atoms with Crippen molar-refractivity contribution in [3.8, 4) is 0 Å². The fourth-order valence-electron chi connectivity index (χ4n) is 4.97. The number of furan rings is 1. The highest BCUT2D eigenvalue weighted by molar-refractivity contribution is 5.96. The molecule has 0 aliphatic carbocycles. The summed E-state index contributed by atoms with van der Waals surface area (Å²) in [6.45, 7) is 1.50. The molecule has 0 saturated carbocycles. The third-order valence-electron chi connectivity index (χ3n) is 6.37. The monoisotopic (exact) mass is 392 g/mol. The first kappa shape index (κ1) is 18.4. The highest BCUT2D eigenvalue weighted by Gasteiger charge is 2.45. The predicted octanol–water partition coefficient (Wildman–Crippen LogP) is 4.71. The Morgan fingerprint density at radius 2 is 1.97 bits per heavy atom. The van der Waals surface area contributed by atoms with Gasteiger partial charge in [-0.15, -0.1) is 0 Å². The number of fused-ring (bicyclic) bond motifs is 2. The van der Waals surface area contributed by atoms with Crippen molar-refractivity contribution in [2.45, 2.75) is 43.7 Å². The van der Waals surface area contributed by atoms with Crippen LogP contribution in [-0.4, -0.2) is 36.0 Å². The fourth-order valence-corrected chi connectivity index (χ4v) is 4.97. The Morgan fingerprint density at radius 1 is 1.07 bits per heavy atom. The molecule has 2 fully saturated rings. The molecule has 0 radical (unpaired) electrons. The number of carbonyl (C=O) groups excluding carboxylic acids is 1. The number of amides is 1. The molecule has 5 heteroatoms. The Bertz CT molecular complexity index is 997. The van der Waals surface area contributed by atoms with E-state index in [1.165, 1.54) is 6.07 Å². The van der Waals surface area contributed by atoms with Crippen LogP contribution in [0.15, 0.2) is 59.0 Å². The molecule has 1 aromatic heterocycles. The molecule has 0 spiro atoms. The van der Waals surface area contributed by atoms with Gasteiger partial charge in [0.1, 0.15) is 11.4 Å². The lowest BCUT2D eigenvalue weighted by Crippen LogP contribution is -2.46. The van der Waals surface area contributed by atoms with Gasteiger partial charge in [-0.25, -0.2) is 4.39 Å². The molecule has 3 aromatic rings. The number of hydrogen-bond acceptors (Lipinski definition) is 3. The normalized spacial score (nSPS) is 24.9. The molecule has 2 aromatic carbocycles. The van der Waals surface area contributed by atoms with E-state index < -0.39 is 0 Å². The summed E-state index contributed by atoms with van der Waals surface area (Å²) in [5, 5.41) is 4.60. The molecule has 0 unspecified atom stereocenters. The maximum absolute atomic E-state index is 13.9.